The molecule has 2 aromatic heterocycles. The van der Waals surface area contributed by atoms with Gasteiger partial charge in [-0.3, -0.25) is 4.79 Å². The molecule has 1 saturated carbocycles. The van der Waals surface area contributed by atoms with Gasteiger partial charge in [0.25, 0.3) is 5.91 Å². The molecule has 13 heteroatoms. The van der Waals surface area contributed by atoms with Gasteiger partial charge in [-0.2, -0.15) is 13.2 Å². The van der Waals surface area contributed by atoms with E-state index < -0.39 is 21.4 Å². The van der Waals surface area contributed by atoms with Crippen LogP contribution in [0, 0.1) is 0 Å². The predicted octanol–water partition coefficient (Wildman–Crippen LogP) is 4.11. The number of carbonyl (C=O) groups is 1. The summed E-state index contributed by atoms with van der Waals surface area (Å²) in [6.07, 6.45) is 2.82. The molecule has 0 radical (unpaired) electrons. The largest absolute Gasteiger partial charge is 1.00 e. The van der Waals surface area contributed by atoms with E-state index in [4.69, 9.17) is 10.2 Å². The molecule has 0 atom stereocenters. The molecule has 0 aliphatic heterocycles. The van der Waals surface area contributed by atoms with Crippen molar-refractivity contribution in [2.24, 2.45) is 5.73 Å². The third-order valence-corrected chi connectivity index (χ3v) is 8.31. The maximum Gasteiger partial charge on any atom is 1.00 e. The Kier molecular flexibility index (Phi) is 8.82. The third-order valence-electron chi connectivity index (χ3n) is 6.48. The topological polar surface area (TPSA) is 109 Å². The first-order chi connectivity index (χ1) is 17.9. The maximum absolute atomic E-state index is 12.8. The summed E-state index contributed by atoms with van der Waals surface area (Å²) in [6.45, 7) is 2.44. The fraction of sp³-hybridized carbons (Fsp3) is 0.269. The van der Waals surface area contributed by atoms with Crippen LogP contribution in [0.3, 0.4) is 0 Å². The van der Waals surface area contributed by atoms with E-state index in [-0.39, 0.29) is 57.1 Å². The number of aryl methyl sites for hydroxylation is 1. The van der Waals surface area contributed by atoms with E-state index in [1.165, 1.54) is 12.1 Å². The van der Waals surface area contributed by atoms with Crippen molar-refractivity contribution in [3.05, 3.63) is 80.2 Å². The summed E-state index contributed by atoms with van der Waals surface area (Å²) in [5, 5.41) is 0.705. The zero-order valence-electron chi connectivity index (χ0n) is 21.0. The zero-order valence-corrected chi connectivity index (χ0v) is 26.6. The van der Waals surface area contributed by atoms with Crippen molar-refractivity contribution in [1.29, 1.82) is 0 Å². The molecule has 5 rings (SSSR count). The number of rotatable bonds is 8. The fourth-order valence-corrected chi connectivity index (χ4v) is 5.67. The van der Waals surface area contributed by atoms with Crippen LogP contribution >= 0.6 is 15.9 Å². The molecule has 2 N–H and O–H groups in total. The molecule has 1 fully saturated rings. The molecule has 39 heavy (non-hydrogen) atoms. The van der Waals surface area contributed by atoms with E-state index in [0.29, 0.717) is 44.9 Å². The number of fused-ring (bicyclic) bond motifs is 1. The van der Waals surface area contributed by atoms with Crippen LogP contribution in [0.1, 0.15) is 53.0 Å². The first-order valence-electron chi connectivity index (χ1n) is 11.8. The number of primary amides is 1. The van der Waals surface area contributed by atoms with Crippen LogP contribution in [0.4, 0.5) is 18.9 Å². The Morgan fingerprint density at radius 2 is 1.90 bits per heavy atom. The van der Waals surface area contributed by atoms with Gasteiger partial charge in [0.15, 0.2) is 10.0 Å². The molecule has 7 nitrogen and oxygen atoms in total. The molecule has 1 aliphatic rings. The molecule has 4 aromatic rings. The average molecular weight is 649 g/mol. The van der Waals surface area contributed by atoms with E-state index >= 15 is 0 Å². The van der Waals surface area contributed by atoms with Crippen molar-refractivity contribution in [1.82, 2.24) is 4.57 Å². The molecular formula is C26H22BrF3KN3O4S. The number of aromatic nitrogens is 1. The molecule has 0 spiro atoms. The third kappa shape index (κ3) is 6.04. The van der Waals surface area contributed by atoms with Gasteiger partial charge in [-0.05, 0) is 70.4 Å². The quantitative estimate of drug-likeness (QED) is 0.290. The minimum atomic E-state index is -5.69. The predicted molar refractivity (Wildman–Crippen MR) is 141 cm³/mol. The molecule has 2 aromatic carbocycles. The molecule has 2 heterocycles. The zero-order chi connectivity index (χ0) is 27.4. The number of benzene rings is 2. The first kappa shape index (κ1) is 30.3. The fourth-order valence-electron chi connectivity index (χ4n) is 4.56. The number of carbonyl (C=O) groups excluding carboxylic acids is 1. The van der Waals surface area contributed by atoms with Crippen LogP contribution in [0.25, 0.3) is 27.0 Å². The summed E-state index contributed by atoms with van der Waals surface area (Å²) in [6, 6.07) is 12.9. The smallest absolute Gasteiger partial charge is 0.569 e. The van der Waals surface area contributed by atoms with Crippen LogP contribution in [0.15, 0.2) is 57.4 Å². The number of amides is 1. The molecule has 0 unspecified atom stereocenters. The van der Waals surface area contributed by atoms with Crippen LogP contribution in [0.2, 0.25) is 0 Å². The van der Waals surface area contributed by atoms with Crippen LogP contribution in [-0.2, 0) is 23.0 Å². The maximum atomic E-state index is 12.8. The minimum absolute atomic E-state index is 0. The van der Waals surface area contributed by atoms with E-state index in [9.17, 15) is 26.4 Å². The molecular weight excluding hydrogens is 626 g/mol. The van der Waals surface area contributed by atoms with Crippen molar-refractivity contribution >= 4 is 48.5 Å². The van der Waals surface area contributed by atoms with Gasteiger partial charge >= 0.3 is 56.9 Å². The SMILES string of the molecule is CCc1cc(C2CC2)c(C(N)=O)n1Cc1ccc2oc(-c3cccc([N-]S(=O)(=O)C(F)(F)F)c3)c(Br)c2c1.[K+]. The second kappa shape index (κ2) is 11.3. The van der Waals surface area contributed by atoms with Gasteiger partial charge in [-0.1, -0.05) is 37.3 Å². The van der Waals surface area contributed by atoms with Crippen LogP contribution in [0.5, 0.6) is 0 Å². The standard InChI is InChI=1S/C26H22BrF3N3O4S.K/c1-2-18-12-19(15-7-8-15)23(25(31)34)33(18)13-14-6-9-21-20(10-14)22(27)24(37-21)16-4-3-5-17(11-16)32-38(35,36)26(28,29)30;/h3-6,9-12,15H,2,7-8,13H2,1H3,(H2,31,34);/q-1;+1. The van der Waals surface area contributed by atoms with Gasteiger partial charge in [-0.15, -0.1) is 5.69 Å². The van der Waals surface area contributed by atoms with Crippen molar-refractivity contribution < 1.29 is 82.2 Å². The monoisotopic (exact) mass is 647 g/mol. The Bertz CT molecular complexity index is 1680. The number of hydrogen-bond acceptors (Lipinski definition) is 4. The summed E-state index contributed by atoms with van der Waals surface area (Å²) in [7, 11) is -5.69. The number of nitrogens with two attached hydrogens (primary N) is 1. The van der Waals surface area contributed by atoms with Gasteiger partial charge in [0.2, 0.25) is 0 Å². The van der Waals surface area contributed by atoms with Gasteiger partial charge in [0.1, 0.15) is 17.0 Å². The van der Waals surface area contributed by atoms with Gasteiger partial charge in [-0.25, -0.2) is 8.42 Å². The average Bonchev–Trinajstić information content (AvgIpc) is 3.55. The van der Waals surface area contributed by atoms with E-state index in [1.807, 2.05) is 23.6 Å². The van der Waals surface area contributed by atoms with E-state index in [0.717, 1.165) is 42.1 Å². The summed E-state index contributed by atoms with van der Waals surface area (Å²) in [5.74, 6) is 0.214. The molecule has 0 saturated heterocycles. The van der Waals surface area contributed by atoms with Crippen molar-refractivity contribution in [2.45, 2.75) is 44.2 Å². The number of nitrogens with zero attached hydrogens (tertiary/aromatic N) is 2. The summed E-state index contributed by atoms with van der Waals surface area (Å²) < 4.78 is 72.6. The number of alkyl halides is 3. The van der Waals surface area contributed by atoms with Crippen LogP contribution in [-0.4, -0.2) is 24.4 Å². The van der Waals surface area contributed by atoms with Crippen molar-refractivity contribution in [3.8, 4) is 11.3 Å². The molecule has 0 bridgehead atoms. The Labute approximate surface area is 273 Å². The number of halogens is 4. The van der Waals surface area contributed by atoms with E-state index in [1.54, 1.807) is 12.1 Å². The van der Waals surface area contributed by atoms with Crippen molar-refractivity contribution in [3.63, 3.8) is 0 Å². The second-order valence-corrected chi connectivity index (χ2v) is 11.5. The molecule has 200 valence electrons. The number of hydrogen-bond donors (Lipinski definition) is 1. The van der Waals surface area contributed by atoms with E-state index in [2.05, 4.69) is 26.7 Å². The number of sulfonamides is 1. The summed E-state index contributed by atoms with van der Waals surface area (Å²) in [4.78, 5) is 12.4. The number of furan rings is 1. The first-order valence-corrected chi connectivity index (χ1v) is 14.0. The Hall–Kier alpha value is -1.61. The Morgan fingerprint density at radius 1 is 1.18 bits per heavy atom. The van der Waals surface area contributed by atoms with Crippen molar-refractivity contribution in [2.75, 3.05) is 0 Å². The van der Waals surface area contributed by atoms with Gasteiger partial charge in [0, 0.05) is 23.2 Å². The second-order valence-electron chi connectivity index (χ2n) is 9.16. The normalized spacial score (nSPS) is 13.9. The molecule has 1 aliphatic carbocycles. The van der Waals surface area contributed by atoms with Crippen LogP contribution < -0.4 is 57.1 Å². The summed E-state index contributed by atoms with van der Waals surface area (Å²) in [5.41, 5.74) is 4.19. The van der Waals surface area contributed by atoms with Gasteiger partial charge in [0.05, 0.1) is 4.47 Å². The Morgan fingerprint density at radius 3 is 2.51 bits per heavy atom. The summed E-state index contributed by atoms with van der Waals surface area (Å²) >= 11 is 3.52. The minimum Gasteiger partial charge on any atom is -0.569 e. The Balaban J connectivity index is 0.00000353. The van der Waals surface area contributed by atoms with Gasteiger partial charge < -0.3 is 19.4 Å². The molecule has 1 amide bonds.